The second-order valence-corrected chi connectivity index (χ2v) is 7.15. The Kier molecular flexibility index (Phi) is 6.82. The number of piperazine rings is 1. The third-order valence-electron chi connectivity index (χ3n) is 5.13. The quantitative estimate of drug-likeness (QED) is 0.753. The van der Waals surface area contributed by atoms with Crippen molar-refractivity contribution < 1.29 is 0 Å². The van der Waals surface area contributed by atoms with Gasteiger partial charge in [-0.15, -0.1) is 0 Å². The molecule has 1 rings (SSSR count). The smallest absolute Gasteiger partial charge is 0.0304 e. The van der Waals surface area contributed by atoms with Crippen LogP contribution in [0.4, 0.5) is 0 Å². The summed E-state index contributed by atoms with van der Waals surface area (Å²) in [5.74, 6) is 1.65. The van der Waals surface area contributed by atoms with Gasteiger partial charge in [-0.1, -0.05) is 47.5 Å². The summed E-state index contributed by atoms with van der Waals surface area (Å²) in [6.45, 7) is 17.8. The van der Waals surface area contributed by atoms with Gasteiger partial charge < -0.3 is 5.32 Å². The van der Waals surface area contributed by atoms with Gasteiger partial charge in [-0.2, -0.15) is 0 Å². The minimum Gasteiger partial charge on any atom is -0.311 e. The van der Waals surface area contributed by atoms with Gasteiger partial charge in [0.05, 0.1) is 0 Å². The van der Waals surface area contributed by atoms with Gasteiger partial charge in [0.2, 0.25) is 0 Å². The first-order chi connectivity index (χ1) is 8.95. The topological polar surface area (TPSA) is 15.3 Å². The van der Waals surface area contributed by atoms with Crippen LogP contribution in [0.5, 0.6) is 0 Å². The molecule has 1 saturated heterocycles. The van der Waals surface area contributed by atoms with Crippen LogP contribution in [0.25, 0.3) is 0 Å². The molecular weight excluding hydrogens is 232 g/mol. The maximum atomic E-state index is 3.79. The first-order valence-electron chi connectivity index (χ1n) is 8.43. The fourth-order valence-corrected chi connectivity index (χ4v) is 3.26. The summed E-state index contributed by atoms with van der Waals surface area (Å²) in [5.41, 5.74) is 0.357. The van der Waals surface area contributed by atoms with Crippen LogP contribution >= 0.6 is 0 Å². The summed E-state index contributed by atoms with van der Waals surface area (Å²) in [7, 11) is 0. The average molecular weight is 268 g/mol. The predicted molar refractivity (Wildman–Crippen MR) is 85.6 cm³/mol. The summed E-state index contributed by atoms with van der Waals surface area (Å²) >= 11 is 0. The van der Waals surface area contributed by atoms with Crippen LogP contribution in [0, 0.1) is 11.8 Å². The summed E-state index contributed by atoms with van der Waals surface area (Å²) in [6, 6.07) is 0.689. The number of rotatable bonds is 7. The largest absolute Gasteiger partial charge is 0.311 e. The Morgan fingerprint density at radius 3 is 2.32 bits per heavy atom. The monoisotopic (exact) mass is 268 g/mol. The molecule has 1 fully saturated rings. The molecule has 0 bridgehead atoms. The highest BCUT2D eigenvalue weighted by molar-refractivity contribution is 4.95. The Morgan fingerprint density at radius 1 is 1.21 bits per heavy atom. The van der Waals surface area contributed by atoms with Gasteiger partial charge in [-0.25, -0.2) is 0 Å². The standard InChI is InChI=1S/C17H36N2/c1-7-15(8-2)11-19-12-16(10-14(4)5)18-13-17(19,6)9-3/h14-16,18H,7-13H2,1-6H3. The molecule has 0 spiro atoms. The van der Waals surface area contributed by atoms with Crippen molar-refractivity contribution in [3.05, 3.63) is 0 Å². The van der Waals surface area contributed by atoms with Crippen molar-refractivity contribution in [1.29, 1.82) is 0 Å². The lowest BCUT2D eigenvalue weighted by Gasteiger charge is -2.49. The molecule has 1 aliphatic heterocycles. The van der Waals surface area contributed by atoms with Crippen LogP contribution < -0.4 is 5.32 Å². The van der Waals surface area contributed by atoms with E-state index in [2.05, 4.69) is 51.8 Å². The maximum absolute atomic E-state index is 3.79. The van der Waals surface area contributed by atoms with E-state index in [-0.39, 0.29) is 0 Å². The van der Waals surface area contributed by atoms with Crippen LogP contribution in [-0.4, -0.2) is 36.1 Å². The zero-order valence-electron chi connectivity index (χ0n) is 14.1. The number of nitrogens with zero attached hydrogens (tertiary/aromatic N) is 1. The third-order valence-corrected chi connectivity index (χ3v) is 5.13. The molecule has 0 aromatic carbocycles. The van der Waals surface area contributed by atoms with Crippen molar-refractivity contribution in [2.75, 3.05) is 19.6 Å². The molecule has 1 heterocycles. The average Bonchev–Trinajstić information content (AvgIpc) is 2.38. The Balaban J connectivity index is 2.68. The van der Waals surface area contributed by atoms with Gasteiger partial charge in [0.25, 0.3) is 0 Å². The first kappa shape index (κ1) is 17.0. The van der Waals surface area contributed by atoms with Crippen molar-refractivity contribution >= 4 is 0 Å². The lowest BCUT2D eigenvalue weighted by molar-refractivity contribution is 0.0296. The highest BCUT2D eigenvalue weighted by Crippen LogP contribution is 2.27. The van der Waals surface area contributed by atoms with Crippen LogP contribution in [0.2, 0.25) is 0 Å². The molecular formula is C17H36N2. The van der Waals surface area contributed by atoms with E-state index in [4.69, 9.17) is 0 Å². The molecule has 0 radical (unpaired) electrons. The predicted octanol–water partition coefficient (Wildman–Crippen LogP) is 3.91. The number of hydrogen-bond donors (Lipinski definition) is 1. The van der Waals surface area contributed by atoms with Gasteiger partial charge in [-0.05, 0) is 31.6 Å². The fraction of sp³-hybridized carbons (Fsp3) is 1.00. The van der Waals surface area contributed by atoms with Gasteiger partial charge in [0.1, 0.15) is 0 Å². The van der Waals surface area contributed by atoms with Crippen LogP contribution in [0.1, 0.15) is 67.2 Å². The van der Waals surface area contributed by atoms with E-state index in [1.807, 2.05) is 0 Å². The molecule has 2 heteroatoms. The van der Waals surface area contributed by atoms with Crippen molar-refractivity contribution in [2.45, 2.75) is 78.8 Å². The van der Waals surface area contributed by atoms with Gasteiger partial charge >= 0.3 is 0 Å². The highest BCUT2D eigenvalue weighted by atomic mass is 15.3. The highest BCUT2D eigenvalue weighted by Gasteiger charge is 2.36. The summed E-state index contributed by atoms with van der Waals surface area (Å²) in [6.07, 6.45) is 5.18. The molecule has 2 nitrogen and oxygen atoms in total. The zero-order chi connectivity index (χ0) is 14.5. The zero-order valence-corrected chi connectivity index (χ0v) is 14.1. The Labute approximate surface area is 121 Å². The first-order valence-corrected chi connectivity index (χ1v) is 8.43. The third kappa shape index (κ3) is 4.75. The van der Waals surface area contributed by atoms with Gasteiger partial charge in [0, 0.05) is 31.2 Å². The second kappa shape index (κ2) is 7.64. The minimum absolute atomic E-state index is 0.357. The van der Waals surface area contributed by atoms with E-state index in [0.717, 1.165) is 18.4 Å². The van der Waals surface area contributed by atoms with Gasteiger partial charge in [-0.3, -0.25) is 4.90 Å². The Bertz CT molecular complexity index is 248. The van der Waals surface area contributed by atoms with Crippen molar-refractivity contribution in [1.82, 2.24) is 10.2 Å². The normalized spacial score (nSPS) is 29.4. The van der Waals surface area contributed by atoms with E-state index in [1.54, 1.807) is 0 Å². The minimum atomic E-state index is 0.357. The number of hydrogen-bond acceptors (Lipinski definition) is 2. The molecule has 0 aliphatic carbocycles. The molecule has 1 N–H and O–H groups in total. The number of nitrogens with one attached hydrogen (secondary N) is 1. The lowest BCUT2D eigenvalue weighted by atomic mass is 9.88. The molecule has 0 saturated carbocycles. The van der Waals surface area contributed by atoms with Crippen molar-refractivity contribution in [3.8, 4) is 0 Å². The second-order valence-electron chi connectivity index (χ2n) is 7.15. The summed E-state index contributed by atoms with van der Waals surface area (Å²) in [4.78, 5) is 2.79. The van der Waals surface area contributed by atoms with E-state index < -0.39 is 0 Å². The van der Waals surface area contributed by atoms with E-state index in [9.17, 15) is 0 Å². The van der Waals surface area contributed by atoms with Crippen LogP contribution in [0.3, 0.4) is 0 Å². The van der Waals surface area contributed by atoms with Gasteiger partial charge in [0.15, 0.2) is 0 Å². The molecule has 114 valence electrons. The molecule has 0 amide bonds. The molecule has 2 atom stereocenters. The molecule has 0 aromatic heterocycles. The Hall–Kier alpha value is -0.0800. The van der Waals surface area contributed by atoms with Crippen molar-refractivity contribution in [2.24, 2.45) is 11.8 Å². The lowest BCUT2D eigenvalue weighted by Crippen LogP contribution is -2.64. The van der Waals surface area contributed by atoms with Crippen LogP contribution in [0.15, 0.2) is 0 Å². The molecule has 0 aromatic rings. The maximum Gasteiger partial charge on any atom is 0.0304 e. The van der Waals surface area contributed by atoms with E-state index in [0.29, 0.717) is 11.6 Å². The van der Waals surface area contributed by atoms with E-state index >= 15 is 0 Å². The van der Waals surface area contributed by atoms with E-state index in [1.165, 1.54) is 38.8 Å². The molecule has 2 unspecified atom stereocenters. The molecule has 1 aliphatic rings. The van der Waals surface area contributed by atoms with Crippen LogP contribution in [-0.2, 0) is 0 Å². The SMILES string of the molecule is CCC(CC)CN1CC(CC(C)C)NCC1(C)CC. The Morgan fingerprint density at radius 2 is 1.84 bits per heavy atom. The summed E-state index contributed by atoms with van der Waals surface area (Å²) < 4.78 is 0. The fourth-order valence-electron chi connectivity index (χ4n) is 3.26. The molecule has 19 heavy (non-hydrogen) atoms. The summed E-state index contributed by atoms with van der Waals surface area (Å²) in [5, 5.41) is 3.79. The van der Waals surface area contributed by atoms with Crippen molar-refractivity contribution in [3.63, 3.8) is 0 Å².